The monoisotopic (exact) mass is 389 g/mol. The fraction of sp³-hybridized carbons (Fsp3) is 0.200. The first-order valence-corrected chi connectivity index (χ1v) is 10.1. The second-order valence-electron chi connectivity index (χ2n) is 4.78. The van der Waals surface area contributed by atoms with E-state index < -0.39 is 5.97 Å². The molecule has 0 amide bonds. The molecule has 1 aliphatic heterocycles. The van der Waals surface area contributed by atoms with E-state index in [0.717, 1.165) is 10.5 Å². The molecule has 4 nitrogen and oxygen atoms in total. The standard InChI is InChI=1S/C18H17NO3S2.C2H6/c1-5-24-12(3)17(23-4)19-11(2)15-9-7-13-6-8-14(20)10-16(13)22-18(15)21;1-2/h5-6,8-10,20H,1-3,7H2,4H3;1-2H3. The van der Waals surface area contributed by atoms with Crippen molar-refractivity contribution >= 4 is 34.5 Å². The number of rotatable bonds is 5. The van der Waals surface area contributed by atoms with E-state index in [2.05, 4.69) is 24.7 Å². The van der Waals surface area contributed by atoms with Crippen molar-refractivity contribution in [1.29, 1.82) is 0 Å². The van der Waals surface area contributed by atoms with Crippen LogP contribution in [0.3, 0.4) is 0 Å². The Morgan fingerprint density at radius 2 is 2.04 bits per heavy atom. The van der Waals surface area contributed by atoms with Crippen LogP contribution in [0.2, 0.25) is 0 Å². The molecule has 1 aliphatic rings. The zero-order chi connectivity index (χ0) is 19.7. The SMILES string of the molecule is C=CSC(=C)C(=NC(=C)C1=CCc2ccc(O)cc2OC1=O)SC.CC. The average Bonchev–Trinajstić information content (AvgIpc) is 2.79. The normalized spacial score (nSPS) is 13.3. The zero-order valence-corrected chi connectivity index (χ0v) is 16.9. The fourth-order valence-electron chi connectivity index (χ4n) is 2.05. The number of nitrogens with zero attached hydrogens (tertiary/aromatic N) is 1. The summed E-state index contributed by atoms with van der Waals surface area (Å²) >= 11 is 2.78. The number of aromatic hydroxyl groups is 1. The molecule has 0 bridgehead atoms. The summed E-state index contributed by atoms with van der Waals surface area (Å²) in [6.45, 7) is 15.5. The van der Waals surface area contributed by atoms with E-state index in [1.165, 1.54) is 29.6 Å². The van der Waals surface area contributed by atoms with Crippen LogP contribution in [0.5, 0.6) is 11.5 Å². The van der Waals surface area contributed by atoms with Crippen molar-refractivity contribution in [2.45, 2.75) is 20.3 Å². The molecule has 0 spiro atoms. The van der Waals surface area contributed by atoms with Crippen molar-refractivity contribution < 1.29 is 14.6 Å². The Kier molecular flexibility index (Phi) is 9.02. The van der Waals surface area contributed by atoms with Gasteiger partial charge in [0.1, 0.15) is 16.5 Å². The highest BCUT2D eigenvalue weighted by Crippen LogP contribution is 2.30. The summed E-state index contributed by atoms with van der Waals surface area (Å²) in [7, 11) is 0. The molecule has 0 aliphatic carbocycles. The minimum atomic E-state index is -0.546. The molecule has 1 heterocycles. The maximum Gasteiger partial charge on any atom is 0.345 e. The molecular formula is C20H23NO3S2. The van der Waals surface area contributed by atoms with Crippen LogP contribution in [0, 0.1) is 0 Å². The van der Waals surface area contributed by atoms with Gasteiger partial charge in [-0.25, -0.2) is 9.79 Å². The lowest BCUT2D eigenvalue weighted by Crippen LogP contribution is -2.12. The number of carbonyl (C=O) groups excluding carboxylic acids is 1. The van der Waals surface area contributed by atoms with Crippen LogP contribution in [-0.4, -0.2) is 22.4 Å². The van der Waals surface area contributed by atoms with Crippen LogP contribution in [0.4, 0.5) is 0 Å². The van der Waals surface area contributed by atoms with Crippen LogP contribution >= 0.6 is 23.5 Å². The fourth-order valence-corrected chi connectivity index (χ4v) is 3.22. The topological polar surface area (TPSA) is 58.9 Å². The summed E-state index contributed by atoms with van der Waals surface area (Å²) in [5.41, 5.74) is 1.42. The van der Waals surface area contributed by atoms with E-state index in [1.807, 2.05) is 20.1 Å². The van der Waals surface area contributed by atoms with Crippen LogP contribution in [0.25, 0.3) is 0 Å². The number of aliphatic imine (C=N–C) groups is 1. The summed E-state index contributed by atoms with van der Waals surface area (Å²) in [5, 5.41) is 11.9. The molecule has 0 atom stereocenters. The largest absolute Gasteiger partial charge is 0.508 e. The highest BCUT2D eigenvalue weighted by molar-refractivity contribution is 8.18. The predicted octanol–water partition coefficient (Wildman–Crippen LogP) is 5.47. The lowest BCUT2D eigenvalue weighted by molar-refractivity contribution is -0.129. The predicted molar refractivity (Wildman–Crippen MR) is 114 cm³/mol. The Bertz CT molecular complexity index is 779. The quantitative estimate of drug-likeness (QED) is 0.313. The van der Waals surface area contributed by atoms with Gasteiger partial charge in [0, 0.05) is 11.0 Å². The van der Waals surface area contributed by atoms with E-state index in [9.17, 15) is 9.90 Å². The molecule has 2 rings (SSSR count). The van der Waals surface area contributed by atoms with Gasteiger partial charge in [-0.1, -0.05) is 57.5 Å². The highest BCUT2D eigenvalue weighted by Gasteiger charge is 2.21. The van der Waals surface area contributed by atoms with Crippen molar-refractivity contribution in [3.8, 4) is 11.5 Å². The van der Waals surface area contributed by atoms with Crippen LogP contribution < -0.4 is 4.74 Å². The second-order valence-corrected chi connectivity index (χ2v) is 6.64. The number of carbonyl (C=O) groups is 1. The van der Waals surface area contributed by atoms with Gasteiger partial charge in [0.05, 0.1) is 11.3 Å². The zero-order valence-electron chi connectivity index (χ0n) is 15.2. The molecule has 0 unspecified atom stereocenters. The van der Waals surface area contributed by atoms with Crippen LogP contribution in [-0.2, 0) is 11.2 Å². The number of hydrogen-bond acceptors (Lipinski definition) is 6. The minimum absolute atomic E-state index is 0.0456. The maximum absolute atomic E-state index is 12.3. The minimum Gasteiger partial charge on any atom is -0.508 e. The summed E-state index contributed by atoms with van der Waals surface area (Å²) in [4.78, 5) is 17.5. The molecule has 0 saturated heterocycles. The maximum atomic E-state index is 12.3. The number of allylic oxidation sites excluding steroid dienone is 1. The first-order chi connectivity index (χ1) is 12.5. The smallest absolute Gasteiger partial charge is 0.345 e. The summed E-state index contributed by atoms with van der Waals surface area (Å²) in [5.74, 6) is -0.153. The molecule has 1 N–H and O–H groups in total. The van der Waals surface area contributed by atoms with Gasteiger partial charge in [0.15, 0.2) is 0 Å². The number of ether oxygens (including phenoxy) is 1. The van der Waals surface area contributed by atoms with Gasteiger partial charge in [-0.2, -0.15) is 0 Å². The van der Waals surface area contributed by atoms with Crippen molar-refractivity contribution in [3.05, 3.63) is 71.2 Å². The molecule has 6 heteroatoms. The average molecular weight is 390 g/mol. The molecule has 1 aromatic rings. The molecule has 0 radical (unpaired) electrons. The third kappa shape index (κ3) is 5.68. The molecule has 0 fully saturated rings. The number of esters is 1. The van der Waals surface area contributed by atoms with E-state index in [0.29, 0.717) is 28.5 Å². The first-order valence-electron chi connectivity index (χ1n) is 7.99. The van der Waals surface area contributed by atoms with Gasteiger partial charge in [-0.15, -0.1) is 11.8 Å². The van der Waals surface area contributed by atoms with E-state index in [1.54, 1.807) is 23.6 Å². The molecule has 1 aromatic carbocycles. The van der Waals surface area contributed by atoms with Gasteiger partial charge < -0.3 is 9.84 Å². The van der Waals surface area contributed by atoms with Crippen molar-refractivity contribution in [1.82, 2.24) is 0 Å². The number of benzene rings is 1. The number of fused-ring (bicyclic) bond motifs is 1. The van der Waals surface area contributed by atoms with Gasteiger partial charge in [0.25, 0.3) is 0 Å². The van der Waals surface area contributed by atoms with Gasteiger partial charge in [0.2, 0.25) is 0 Å². The Morgan fingerprint density at radius 1 is 1.35 bits per heavy atom. The third-order valence-corrected chi connectivity index (χ3v) is 4.70. The van der Waals surface area contributed by atoms with Crippen LogP contribution in [0.15, 0.2) is 70.6 Å². The lowest BCUT2D eigenvalue weighted by atomic mass is 10.1. The Morgan fingerprint density at radius 3 is 2.65 bits per heavy atom. The Hall–Kier alpha value is -2.18. The third-order valence-electron chi connectivity index (χ3n) is 3.20. The van der Waals surface area contributed by atoms with Crippen molar-refractivity contribution in [2.24, 2.45) is 4.99 Å². The van der Waals surface area contributed by atoms with Crippen LogP contribution in [0.1, 0.15) is 19.4 Å². The van der Waals surface area contributed by atoms with Gasteiger partial charge in [-0.3, -0.25) is 0 Å². The van der Waals surface area contributed by atoms with Crippen molar-refractivity contribution in [2.75, 3.05) is 6.26 Å². The highest BCUT2D eigenvalue weighted by atomic mass is 32.2. The van der Waals surface area contributed by atoms with E-state index in [4.69, 9.17) is 4.74 Å². The van der Waals surface area contributed by atoms with E-state index >= 15 is 0 Å². The summed E-state index contributed by atoms with van der Waals surface area (Å²) in [6.07, 6.45) is 4.10. The van der Waals surface area contributed by atoms with Gasteiger partial charge >= 0.3 is 5.97 Å². The summed E-state index contributed by atoms with van der Waals surface area (Å²) in [6, 6.07) is 4.70. The first kappa shape index (κ1) is 21.9. The summed E-state index contributed by atoms with van der Waals surface area (Å²) < 4.78 is 5.35. The molecule has 0 aromatic heterocycles. The van der Waals surface area contributed by atoms with E-state index in [-0.39, 0.29) is 5.75 Å². The molecule has 138 valence electrons. The van der Waals surface area contributed by atoms with Gasteiger partial charge in [-0.05, 0) is 29.7 Å². The number of phenolic OH excluding ortho intramolecular Hbond substituents is 1. The second kappa shape index (κ2) is 10.7. The van der Waals surface area contributed by atoms with Crippen molar-refractivity contribution in [3.63, 3.8) is 0 Å². The lowest BCUT2D eigenvalue weighted by Gasteiger charge is -2.09. The molecule has 26 heavy (non-hydrogen) atoms. The molecule has 0 saturated carbocycles. The number of thioether (sulfide) groups is 2. The Balaban J connectivity index is 0.00000163. The number of hydrogen-bond donors (Lipinski definition) is 1. The molecular weight excluding hydrogens is 366 g/mol. The number of phenols is 1. The Labute approximate surface area is 163 Å².